The minimum absolute atomic E-state index is 0.0594. The van der Waals surface area contributed by atoms with Gasteiger partial charge in [-0.3, -0.25) is 4.57 Å². The number of benzene rings is 2. The highest BCUT2D eigenvalue weighted by Crippen LogP contribution is 2.43. The van der Waals surface area contributed by atoms with Crippen molar-refractivity contribution in [2.75, 3.05) is 18.0 Å². The van der Waals surface area contributed by atoms with Gasteiger partial charge in [0.25, 0.3) is 0 Å². The molecule has 0 spiro atoms. The van der Waals surface area contributed by atoms with Crippen LogP contribution in [0.2, 0.25) is 0 Å². The van der Waals surface area contributed by atoms with Gasteiger partial charge in [0.2, 0.25) is 5.88 Å². The van der Waals surface area contributed by atoms with Crippen LogP contribution in [0.1, 0.15) is 25.3 Å². The van der Waals surface area contributed by atoms with Crippen LogP contribution in [0.5, 0.6) is 11.6 Å². The van der Waals surface area contributed by atoms with Crippen molar-refractivity contribution < 1.29 is 10.2 Å². The number of aromatic hydroxyl groups is 2. The highest BCUT2D eigenvalue weighted by molar-refractivity contribution is 5.80. The second kappa shape index (κ2) is 6.88. The lowest BCUT2D eigenvalue weighted by Crippen LogP contribution is -2.17. The van der Waals surface area contributed by atoms with Crippen LogP contribution < -0.4 is 4.90 Å². The third-order valence-corrected chi connectivity index (χ3v) is 5.85. The fourth-order valence-electron chi connectivity index (χ4n) is 4.35. The molecule has 1 aliphatic heterocycles. The number of hydrogen-bond acceptors (Lipinski definition) is 4. The number of imidazole rings is 1. The zero-order valence-corrected chi connectivity index (χ0v) is 16.4. The number of aromatic amines is 1. The summed E-state index contributed by atoms with van der Waals surface area (Å²) in [4.78, 5) is 9.76. The fourth-order valence-corrected chi connectivity index (χ4v) is 4.35. The Labute approximate surface area is 169 Å². The van der Waals surface area contributed by atoms with Gasteiger partial charge in [-0.25, -0.2) is 4.98 Å². The summed E-state index contributed by atoms with van der Waals surface area (Å²) < 4.78 is 1.72. The lowest BCUT2D eigenvalue weighted by atomic mass is 10.0. The van der Waals surface area contributed by atoms with Crippen LogP contribution in [0, 0.1) is 0 Å². The van der Waals surface area contributed by atoms with Gasteiger partial charge in [-0.2, -0.15) is 0 Å². The monoisotopic (exact) mass is 388 g/mol. The summed E-state index contributed by atoms with van der Waals surface area (Å²) in [6, 6.07) is 14.2. The summed E-state index contributed by atoms with van der Waals surface area (Å²) in [6.07, 6.45) is 4.74. The van der Waals surface area contributed by atoms with E-state index in [-0.39, 0.29) is 11.6 Å². The molecule has 2 aromatic carbocycles. The number of hydrogen-bond donors (Lipinski definition) is 3. The third kappa shape index (κ3) is 2.83. The minimum Gasteiger partial charge on any atom is -0.503 e. The molecule has 0 aliphatic carbocycles. The molecule has 5 rings (SSSR count). The smallest absolute Gasteiger partial charge is 0.240 e. The number of anilines is 1. The van der Waals surface area contributed by atoms with Gasteiger partial charge in [0.15, 0.2) is 5.75 Å². The molecule has 1 fully saturated rings. The highest BCUT2D eigenvalue weighted by atomic mass is 16.3. The van der Waals surface area contributed by atoms with Gasteiger partial charge in [-0.05, 0) is 55.2 Å². The van der Waals surface area contributed by atoms with Crippen molar-refractivity contribution in [3.8, 4) is 28.6 Å². The standard InChI is InChI=1S/C23H24N4O2/c1-2-18-21(15-5-7-16(8-6-15)26-11-3-4-12-26)27(23(29)22(18)28)17-9-10-19-20(13-17)25-14-24-19/h5-10,13-14,28-29H,2-4,11-12H2,1H3,(H,24,25). The van der Waals surface area contributed by atoms with Crippen LogP contribution in [0.15, 0.2) is 48.8 Å². The topological polar surface area (TPSA) is 77.3 Å². The second-order valence-corrected chi connectivity index (χ2v) is 7.53. The van der Waals surface area contributed by atoms with E-state index in [0.717, 1.165) is 46.6 Å². The molecule has 0 unspecified atom stereocenters. The number of nitrogens with one attached hydrogen (secondary N) is 1. The number of aromatic nitrogens is 3. The zero-order chi connectivity index (χ0) is 20.0. The molecule has 0 atom stereocenters. The van der Waals surface area contributed by atoms with E-state index in [1.807, 2.05) is 25.1 Å². The summed E-state index contributed by atoms with van der Waals surface area (Å²) in [5.41, 5.74) is 6.24. The van der Waals surface area contributed by atoms with Crippen molar-refractivity contribution in [2.24, 2.45) is 0 Å². The summed E-state index contributed by atoms with van der Waals surface area (Å²) in [6.45, 7) is 4.18. The second-order valence-electron chi connectivity index (χ2n) is 7.53. The maximum absolute atomic E-state index is 10.8. The number of nitrogens with zero attached hydrogens (tertiary/aromatic N) is 3. The Bertz CT molecular complexity index is 1170. The Morgan fingerprint density at radius 1 is 1.00 bits per heavy atom. The largest absolute Gasteiger partial charge is 0.503 e. The lowest BCUT2D eigenvalue weighted by Gasteiger charge is -2.18. The molecule has 148 valence electrons. The molecule has 1 aliphatic rings. The molecular formula is C23H24N4O2. The molecule has 4 aromatic rings. The van der Waals surface area contributed by atoms with E-state index in [1.165, 1.54) is 18.5 Å². The fraction of sp³-hybridized carbons (Fsp3) is 0.261. The van der Waals surface area contributed by atoms with Gasteiger partial charge in [0.1, 0.15) is 0 Å². The predicted molar refractivity (Wildman–Crippen MR) is 115 cm³/mol. The van der Waals surface area contributed by atoms with E-state index in [0.29, 0.717) is 6.42 Å². The Morgan fingerprint density at radius 3 is 2.45 bits per heavy atom. The first-order valence-electron chi connectivity index (χ1n) is 10.1. The van der Waals surface area contributed by atoms with Gasteiger partial charge in [0.05, 0.1) is 28.7 Å². The molecule has 29 heavy (non-hydrogen) atoms. The van der Waals surface area contributed by atoms with Crippen molar-refractivity contribution >= 4 is 16.7 Å². The molecule has 3 heterocycles. The molecule has 0 radical (unpaired) electrons. The van der Waals surface area contributed by atoms with Crippen molar-refractivity contribution in [1.29, 1.82) is 0 Å². The summed E-state index contributed by atoms with van der Waals surface area (Å²) >= 11 is 0. The third-order valence-electron chi connectivity index (χ3n) is 5.85. The van der Waals surface area contributed by atoms with E-state index in [9.17, 15) is 10.2 Å². The van der Waals surface area contributed by atoms with Crippen LogP contribution in [0.25, 0.3) is 28.0 Å². The first-order valence-corrected chi connectivity index (χ1v) is 10.1. The molecular weight excluding hydrogens is 364 g/mol. The van der Waals surface area contributed by atoms with Crippen LogP contribution in [-0.2, 0) is 6.42 Å². The number of rotatable bonds is 4. The van der Waals surface area contributed by atoms with Gasteiger partial charge >= 0.3 is 0 Å². The number of H-pyrrole nitrogens is 1. The predicted octanol–water partition coefficient (Wildman–Crippen LogP) is 4.59. The van der Waals surface area contributed by atoms with Gasteiger partial charge in [-0.15, -0.1) is 0 Å². The molecule has 3 N–H and O–H groups in total. The van der Waals surface area contributed by atoms with E-state index in [2.05, 4.69) is 39.1 Å². The van der Waals surface area contributed by atoms with Crippen LogP contribution >= 0.6 is 0 Å². The molecule has 2 aromatic heterocycles. The maximum atomic E-state index is 10.8. The van der Waals surface area contributed by atoms with E-state index in [1.54, 1.807) is 10.9 Å². The number of fused-ring (bicyclic) bond motifs is 1. The van der Waals surface area contributed by atoms with Crippen LogP contribution in [-0.4, -0.2) is 37.8 Å². The van der Waals surface area contributed by atoms with E-state index < -0.39 is 0 Å². The Balaban J connectivity index is 1.66. The zero-order valence-electron chi connectivity index (χ0n) is 16.4. The summed E-state index contributed by atoms with van der Waals surface area (Å²) in [5.74, 6) is -0.199. The molecule has 0 amide bonds. The van der Waals surface area contributed by atoms with Crippen LogP contribution in [0.4, 0.5) is 5.69 Å². The van der Waals surface area contributed by atoms with Crippen molar-refractivity contribution in [3.63, 3.8) is 0 Å². The first kappa shape index (κ1) is 17.7. The van der Waals surface area contributed by atoms with Gasteiger partial charge < -0.3 is 20.1 Å². The van der Waals surface area contributed by atoms with Gasteiger partial charge in [-0.1, -0.05) is 19.1 Å². The van der Waals surface area contributed by atoms with Crippen molar-refractivity contribution in [1.82, 2.24) is 14.5 Å². The SMILES string of the molecule is CCc1c(O)c(O)n(-c2ccc3nc[nH]c3c2)c1-c1ccc(N2CCCC2)cc1. The lowest BCUT2D eigenvalue weighted by molar-refractivity contribution is 0.385. The molecule has 1 saturated heterocycles. The summed E-state index contributed by atoms with van der Waals surface area (Å²) in [7, 11) is 0. The van der Waals surface area contributed by atoms with Crippen molar-refractivity contribution in [3.05, 3.63) is 54.4 Å². The normalized spacial score (nSPS) is 14.2. The quantitative estimate of drug-likeness (QED) is 0.478. The van der Waals surface area contributed by atoms with Gasteiger partial charge in [0, 0.05) is 24.3 Å². The molecule has 6 heteroatoms. The Hall–Kier alpha value is -3.41. The average Bonchev–Trinajstić information content (AvgIpc) is 3.48. The first-order chi connectivity index (χ1) is 14.2. The maximum Gasteiger partial charge on any atom is 0.240 e. The molecule has 0 bridgehead atoms. The van der Waals surface area contributed by atoms with Crippen LogP contribution in [0.3, 0.4) is 0 Å². The highest BCUT2D eigenvalue weighted by Gasteiger charge is 2.24. The summed E-state index contributed by atoms with van der Waals surface area (Å²) in [5, 5.41) is 21.4. The Kier molecular flexibility index (Phi) is 4.19. The van der Waals surface area contributed by atoms with E-state index in [4.69, 9.17) is 0 Å². The average molecular weight is 388 g/mol. The molecule has 6 nitrogen and oxygen atoms in total. The van der Waals surface area contributed by atoms with Crippen molar-refractivity contribution in [2.45, 2.75) is 26.2 Å². The van der Waals surface area contributed by atoms with E-state index >= 15 is 0 Å². The molecule has 0 saturated carbocycles. The minimum atomic E-state index is -0.140. The Morgan fingerprint density at radius 2 is 1.72 bits per heavy atom.